The zero-order valence-electron chi connectivity index (χ0n) is 19.8. The molecule has 0 aromatic heterocycles. The van der Waals surface area contributed by atoms with E-state index < -0.39 is 6.04 Å². The van der Waals surface area contributed by atoms with E-state index in [2.05, 4.69) is 5.32 Å². The van der Waals surface area contributed by atoms with Gasteiger partial charge in [-0.3, -0.25) is 9.59 Å². The molecule has 35 heavy (non-hydrogen) atoms. The molecule has 0 fully saturated rings. The van der Waals surface area contributed by atoms with Crippen LogP contribution in [0.15, 0.2) is 78.9 Å². The van der Waals surface area contributed by atoms with Gasteiger partial charge in [-0.15, -0.1) is 0 Å². The van der Waals surface area contributed by atoms with Crippen molar-refractivity contribution >= 4 is 23.4 Å². The van der Waals surface area contributed by atoms with Crippen LogP contribution in [-0.4, -0.2) is 35.9 Å². The summed E-state index contributed by atoms with van der Waals surface area (Å²) in [5.74, 6) is -0.451. The minimum absolute atomic E-state index is 0.141. The third kappa shape index (κ3) is 8.41. The van der Waals surface area contributed by atoms with Crippen LogP contribution in [0.5, 0.6) is 5.75 Å². The molecule has 7 heteroatoms. The first-order chi connectivity index (χ1) is 17.0. The van der Waals surface area contributed by atoms with Gasteiger partial charge in [-0.25, -0.2) is 4.39 Å². The molecule has 1 N–H and O–H groups in total. The van der Waals surface area contributed by atoms with Gasteiger partial charge >= 0.3 is 0 Å². The summed E-state index contributed by atoms with van der Waals surface area (Å²) in [5, 5.41) is 3.53. The van der Waals surface area contributed by atoms with Crippen LogP contribution >= 0.6 is 11.6 Å². The number of nitrogens with zero attached hydrogens (tertiary/aromatic N) is 1. The smallest absolute Gasteiger partial charge is 0.261 e. The Labute approximate surface area is 210 Å². The second-order valence-corrected chi connectivity index (χ2v) is 8.68. The number of carbonyl (C=O) groups excluding carboxylic acids is 2. The molecule has 0 aliphatic rings. The van der Waals surface area contributed by atoms with Gasteiger partial charge in [0.1, 0.15) is 17.6 Å². The Hall–Kier alpha value is -3.38. The molecule has 3 aromatic rings. The van der Waals surface area contributed by atoms with Crippen molar-refractivity contribution < 1.29 is 18.7 Å². The topological polar surface area (TPSA) is 58.6 Å². The van der Waals surface area contributed by atoms with E-state index in [1.807, 2.05) is 37.3 Å². The molecule has 2 amide bonds. The zero-order chi connectivity index (χ0) is 25.0. The Morgan fingerprint density at radius 2 is 1.66 bits per heavy atom. The Morgan fingerprint density at radius 3 is 2.31 bits per heavy atom. The van der Waals surface area contributed by atoms with E-state index >= 15 is 0 Å². The maximum atomic E-state index is 13.5. The summed E-state index contributed by atoms with van der Waals surface area (Å²) < 4.78 is 19.2. The van der Waals surface area contributed by atoms with Crippen LogP contribution in [0.4, 0.5) is 4.39 Å². The van der Waals surface area contributed by atoms with Crippen molar-refractivity contribution in [3.05, 3.63) is 101 Å². The molecule has 1 unspecified atom stereocenters. The van der Waals surface area contributed by atoms with E-state index in [4.69, 9.17) is 16.3 Å². The van der Waals surface area contributed by atoms with Crippen LogP contribution in [-0.2, 0) is 22.6 Å². The molecule has 0 aliphatic heterocycles. The van der Waals surface area contributed by atoms with Gasteiger partial charge < -0.3 is 15.0 Å². The molecule has 0 saturated carbocycles. The lowest BCUT2D eigenvalue weighted by atomic mass is 10.0. The fourth-order valence-electron chi connectivity index (χ4n) is 3.61. The molecule has 0 heterocycles. The maximum Gasteiger partial charge on any atom is 0.261 e. The number of hydrogen-bond acceptors (Lipinski definition) is 3. The fraction of sp³-hybridized carbons (Fsp3) is 0.286. The van der Waals surface area contributed by atoms with Crippen LogP contribution in [0.3, 0.4) is 0 Å². The van der Waals surface area contributed by atoms with Crippen LogP contribution in [0, 0.1) is 5.82 Å². The number of rotatable bonds is 12. The monoisotopic (exact) mass is 496 g/mol. The van der Waals surface area contributed by atoms with Crippen molar-refractivity contribution in [2.24, 2.45) is 0 Å². The number of nitrogens with one attached hydrogen (secondary N) is 1. The van der Waals surface area contributed by atoms with Gasteiger partial charge in [0, 0.05) is 24.5 Å². The first kappa shape index (κ1) is 26.2. The molecule has 3 rings (SSSR count). The van der Waals surface area contributed by atoms with Gasteiger partial charge in [-0.05, 0) is 53.9 Å². The third-order valence-corrected chi connectivity index (χ3v) is 5.79. The molecule has 1 atom stereocenters. The van der Waals surface area contributed by atoms with E-state index in [1.54, 1.807) is 36.4 Å². The van der Waals surface area contributed by atoms with Gasteiger partial charge in [0.25, 0.3) is 5.91 Å². The highest BCUT2D eigenvalue weighted by atomic mass is 35.5. The minimum Gasteiger partial charge on any atom is -0.484 e. The molecule has 3 aromatic carbocycles. The quantitative estimate of drug-likeness (QED) is 0.341. The first-order valence-corrected chi connectivity index (χ1v) is 12.1. The second-order valence-electron chi connectivity index (χ2n) is 8.24. The highest BCUT2D eigenvalue weighted by Gasteiger charge is 2.30. The Morgan fingerprint density at radius 1 is 0.971 bits per heavy atom. The van der Waals surface area contributed by atoms with Crippen LogP contribution in [0.2, 0.25) is 5.02 Å². The predicted octanol–water partition coefficient (Wildman–Crippen LogP) is 5.41. The standard InChI is InChI=1S/C28H30ClFN2O3/c1-2-3-17-31-28(34)26(18-21-7-5-4-6-8-21)32(19-22-9-13-24(30)14-10-22)27(33)20-35-25-15-11-23(29)12-16-25/h4-16,26H,2-3,17-20H2,1H3,(H,31,34). The number of benzene rings is 3. The van der Waals surface area contributed by atoms with Crippen molar-refractivity contribution in [3.63, 3.8) is 0 Å². The molecule has 0 bridgehead atoms. The van der Waals surface area contributed by atoms with E-state index in [9.17, 15) is 14.0 Å². The SMILES string of the molecule is CCCCNC(=O)C(Cc1ccccc1)N(Cc1ccc(F)cc1)C(=O)COc1ccc(Cl)cc1. The predicted molar refractivity (Wildman–Crippen MR) is 136 cm³/mol. The van der Waals surface area contributed by atoms with E-state index in [-0.39, 0.29) is 30.8 Å². The third-order valence-electron chi connectivity index (χ3n) is 5.54. The van der Waals surface area contributed by atoms with Gasteiger partial charge in [-0.1, -0.05) is 67.4 Å². The molecule has 5 nitrogen and oxygen atoms in total. The summed E-state index contributed by atoms with van der Waals surface area (Å²) in [6.45, 7) is 2.46. The lowest BCUT2D eigenvalue weighted by molar-refractivity contribution is -0.142. The lowest BCUT2D eigenvalue weighted by Crippen LogP contribution is -2.51. The summed E-state index contributed by atoms with van der Waals surface area (Å²) in [4.78, 5) is 28.3. The van der Waals surface area contributed by atoms with Crippen molar-refractivity contribution in [2.75, 3.05) is 13.2 Å². The van der Waals surface area contributed by atoms with Crippen LogP contribution < -0.4 is 10.1 Å². The molecule has 0 saturated heterocycles. The number of unbranched alkanes of at least 4 members (excludes halogenated alkanes) is 1. The molecule has 0 spiro atoms. The minimum atomic E-state index is -0.763. The van der Waals surface area contributed by atoms with Crippen molar-refractivity contribution in [2.45, 2.75) is 38.8 Å². The summed E-state index contributed by atoms with van der Waals surface area (Å²) >= 11 is 5.93. The number of carbonyl (C=O) groups is 2. The van der Waals surface area contributed by atoms with Gasteiger partial charge in [0.2, 0.25) is 5.91 Å². The van der Waals surface area contributed by atoms with Crippen LogP contribution in [0.25, 0.3) is 0 Å². The largest absolute Gasteiger partial charge is 0.484 e. The zero-order valence-corrected chi connectivity index (χ0v) is 20.5. The highest BCUT2D eigenvalue weighted by molar-refractivity contribution is 6.30. The Bertz CT molecular complexity index is 1080. The highest BCUT2D eigenvalue weighted by Crippen LogP contribution is 2.18. The second kappa shape index (κ2) is 13.5. The number of ether oxygens (including phenoxy) is 1. The van der Waals surface area contributed by atoms with Gasteiger partial charge in [-0.2, -0.15) is 0 Å². The average molecular weight is 497 g/mol. The van der Waals surface area contributed by atoms with E-state index in [1.165, 1.54) is 17.0 Å². The Kier molecular flexibility index (Phi) is 10.1. The average Bonchev–Trinajstić information content (AvgIpc) is 2.87. The summed E-state index contributed by atoms with van der Waals surface area (Å²) in [6, 6.07) is 21.4. The van der Waals surface area contributed by atoms with Crippen LogP contribution in [0.1, 0.15) is 30.9 Å². The Balaban J connectivity index is 1.86. The summed E-state index contributed by atoms with van der Waals surface area (Å²) in [6.07, 6.45) is 2.12. The van der Waals surface area contributed by atoms with E-state index in [0.29, 0.717) is 29.3 Å². The number of hydrogen-bond donors (Lipinski definition) is 1. The molecule has 0 radical (unpaired) electrons. The molecule has 184 valence electrons. The fourth-order valence-corrected chi connectivity index (χ4v) is 3.73. The van der Waals surface area contributed by atoms with Gasteiger partial charge in [0.05, 0.1) is 0 Å². The summed E-state index contributed by atoms with van der Waals surface area (Å²) in [7, 11) is 0. The lowest BCUT2D eigenvalue weighted by Gasteiger charge is -2.31. The maximum absolute atomic E-state index is 13.5. The first-order valence-electron chi connectivity index (χ1n) is 11.7. The van der Waals surface area contributed by atoms with Crippen molar-refractivity contribution in [1.82, 2.24) is 10.2 Å². The summed E-state index contributed by atoms with van der Waals surface area (Å²) in [5.41, 5.74) is 1.64. The van der Waals surface area contributed by atoms with Gasteiger partial charge in [0.15, 0.2) is 6.61 Å². The van der Waals surface area contributed by atoms with E-state index in [0.717, 1.165) is 18.4 Å². The normalized spacial score (nSPS) is 11.5. The number of amides is 2. The molecular formula is C28H30ClFN2O3. The van der Waals surface area contributed by atoms with Crippen molar-refractivity contribution in [3.8, 4) is 5.75 Å². The molecular weight excluding hydrogens is 467 g/mol. The van der Waals surface area contributed by atoms with Crippen molar-refractivity contribution in [1.29, 1.82) is 0 Å². The molecule has 0 aliphatic carbocycles. The number of halogens is 2.